The van der Waals surface area contributed by atoms with Crippen molar-refractivity contribution in [1.29, 1.82) is 0 Å². The number of benzene rings is 1. The highest BCUT2D eigenvalue weighted by Gasteiger charge is 2.24. The van der Waals surface area contributed by atoms with Crippen molar-refractivity contribution in [2.24, 2.45) is 0 Å². The zero-order valence-electron chi connectivity index (χ0n) is 15.9. The van der Waals surface area contributed by atoms with E-state index in [0.29, 0.717) is 30.2 Å². The molecule has 1 aliphatic rings. The second kappa shape index (κ2) is 8.40. The van der Waals surface area contributed by atoms with Crippen LogP contribution in [0.5, 0.6) is 5.75 Å². The summed E-state index contributed by atoms with van der Waals surface area (Å²) in [6, 6.07) is 9.45. The van der Waals surface area contributed by atoms with Crippen LogP contribution in [0.4, 0.5) is 11.4 Å². The van der Waals surface area contributed by atoms with Crippen LogP contribution in [-0.4, -0.2) is 34.9 Å². The van der Waals surface area contributed by atoms with Crippen LogP contribution >= 0.6 is 11.3 Å². The number of anilines is 2. The van der Waals surface area contributed by atoms with Crippen molar-refractivity contribution in [3.63, 3.8) is 0 Å². The van der Waals surface area contributed by atoms with Crippen LogP contribution in [0, 0.1) is 0 Å². The molecule has 0 bridgehead atoms. The third-order valence-corrected chi connectivity index (χ3v) is 5.46. The Labute approximate surface area is 172 Å². The molecule has 0 unspecified atom stereocenters. The summed E-state index contributed by atoms with van der Waals surface area (Å²) in [6.07, 6.45) is 3.60. The summed E-state index contributed by atoms with van der Waals surface area (Å²) in [7, 11) is 0. The molecule has 8 heteroatoms. The number of thiazole rings is 1. The molecule has 0 radical (unpaired) electrons. The van der Waals surface area contributed by atoms with Crippen molar-refractivity contribution in [2.75, 3.05) is 23.4 Å². The summed E-state index contributed by atoms with van der Waals surface area (Å²) in [5.74, 6) is 0.596. The maximum atomic E-state index is 13.0. The molecule has 0 spiro atoms. The fraction of sp³-hybridized carbons (Fsp3) is 0.238. The van der Waals surface area contributed by atoms with Crippen LogP contribution in [0.1, 0.15) is 19.0 Å². The number of rotatable bonds is 5. The highest BCUT2D eigenvalue weighted by molar-refractivity contribution is 7.13. The summed E-state index contributed by atoms with van der Waals surface area (Å²) in [6.45, 7) is 2.89. The van der Waals surface area contributed by atoms with Gasteiger partial charge >= 0.3 is 0 Å². The molecule has 3 aromatic rings. The van der Waals surface area contributed by atoms with E-state index in [2.05, 4.69) is 15.3 Å². The van der Waals surface area contributed by atoms with Gasteiger partial charge in [-0.15, -0.1) is 11.3 Å². The minimum Gasteiger partial charge on any atom is -0.494 e. The first-order valence-electron chi connectivity index (χ1n) is 9.36. The molecule has 0 fully saturated rings. The Morgan fingerprint density at radius 3 is 2.90 bits per heavy atom. The van der Waals surface area contributed by atoms with Gasteiger partial charge in [0, 0.05) is 30.1 Å². The largest absolute Gasteiger partial charge is 0.494 e. The van der Waals surface area contributed by atoms with E-state index < -0.39 is 0 Å². The molecule has 0 aliphatic carbocycles. The molecule has 1 aliphatic heterocycles. The molecule has 0 atom stereocenters. The Hall–Kier alpha value is -3.26. The van der Waals surface area contributed by atoms with Crippen molar-refractivity contribution in [3.05, 3.63) is 53.8 Å². The van der Waals surface area contributed by atoms with Gasteiger partial charge in [-0.25, -0.2) is 4.98 Å². The van der Waals surface area contributed by atoms with Crippen molar-refractivity contribution in [3.8, 4) is 16.3 Å². The number of nitrogens with zero attached hydrogens (tertiary/aromatic N) is 3. The molecule has 0 saturated carbocycles. The molecule has 3 heterocycles. The minimum absolute atomic E-state index is 0.112. The van der Waals surface area contributed by atoms with Crippen LogP contribution in [0.2, 0.25) is 0 Å². The first-order valence-corrected chi connectivity index (χ1v) is 10.2. The summed E-state index contributed by atoms with van der Waals surface area (Å²) >= 11 is 1.50. The predicted octanol–water partition coefficient (Wildman–Crippen LogP) is 3.52. The number of hydrogen-bond donors (Lipinski definition) is 1. The van der Waals surface area contributed by atoms with Crippen LogP contribution in [0.15, 0.2) is 48.1 Å². The normalized spacial score (nSPS) is 13.4. The Morgan fingerprint density at radius 2 is 2.10 bits per heavy atom. The molecule has 148 valence electrons. The van der Waals surface area contributed by atoms with Crippen LogP contribution in [0.25, 0.3) is 10.6 Å². The van der Waals surface area contributed by atoms with Crippen molar-refractivity contribution < 1.29 is 14.3 Å². The molecule has 0 saturated heterocycles. The fourth-order valence-corrected chi connectivity index (χ4v) is 3.97. The Bertz CT molecular complexity index is 1030. The van der Waals surface area contributed by atoms with Crippen LogP contribution in [0.3, 0.4) is 0 Å². The number of pyridine rings is 1. The topological polar surface area (TPSA) is 84.4 Å². The predicted molar refractivity (Wildman–Crippen MR) is 112 cm³/mol. The highest BCUT2D eigenvalue weighted by atomic mass is 32.1. The maximum Gasteiger partial charge on any atom is 0.233 e. The Kier molecular flexibility index (Phi) is 5.53. The van der Waals surface area contributed by atoms with E-state index in [1.54, 1.807) is 23.4 Å². The molecular formula is C21H20N4O3S. The minimum atomic E-state index is -0.112. The summed E-state index contributed by atoms with van der Waals surface area (Å²) in [5, 5.41) is 5.56. The van der Waals surface area contributed by atoms with Gasteiger partial charge in [-0.2, -0.15) is 0 Å². The number of aromatic nitrogens is 2. The van der Waals surface area contributed by atoms with Gasteiger partial charge in [0.1, 0.15) is 10.8 Å². The third-order valence-electron chi connectivity index (χ3n) is 4.52. The second-order valence-corrected chi connectivity index (χ2v) is 7.37. The molecule has 1 aromatic carbocycles. The first kappa shape index (κ1) is 19.1. The Morgan fingerprint density at radius 1 is 1.28 bits per heavy atom. The average molecular weight is 408 g/mol. The Balaban J connectivity index is 1.50. The zero-order valence-corrected chi connectivity index (χ0v) is 16.7. The van der Waals surface area contributed by atoms with Crippen molar-refractivity contribution in [2.45, 2.75) is 19.8 Å². The third kappa shape index (κ3) is 4.27. The average Bonchev–Trinajstić information content (AvgIpc) is 3.11. The summed E-state index contributed by atoms with van der Waals surface area (Å²) < 4.78 is 5.47. The quantitative estimate of drug-likeness (QED) is 0.698. The SMILES string of the molecule is CCOc1ccc(-c2nc(CC(=O)N3CCC(=O)Nc4ccncc43)cs2)cc1. The van der Waals surface area contributed by atoms with Crippen LogP contribution < -0.4 is 15.0 Å². The van der Waals surface area contributed by atoms with E-state index >= 15 is 0 Å². The van der Waals surface area contributed by atoms with E-state index in [9.17, 15) is 9.59 Å². The van der Waals surface area contributed by atoms with Gasteiger partial charge in [0.2, 0.25) is 11.8 Å². The van der Waals surface area contributed by atoms with E-state index in [-0.39, 0.29) is 24.7 Å². The monoisotopic (exact) mass is 408 g/mol. The maximum absolute atomic E-state index is 13.0. The van der Waals surface area contributed by atoms with Gasteiger partial charge in [0.05, 0.1) is 36.3 Å². The van der Waals surface area contributed by atoms with E-state index in [1.807, 2.05) is 36.6 Å². The van der Waals surface area contributed by atoms with Gasteiger partial charge in [0.15, 0.2) is 0 Å². The van der Waals surface area contributed by atoms with Gasteiger partial charge in [-0.3, -0.25) is 14.6 Å². The fourth-order valence-electron chi connectivity index (χ4n) is 3.14. The number of hydrogen-bond acceptors (Lipinski definition) is 6. The number of ether oxygens (including phenoxy) is 1. The lowest BCUT2D eigenvalue weighted by Crippen LogP contribution is -2.33. The second-order valence-electron chi connectivity index (χ2n) is 6.51. The van der Waals surface area contributed by atoms with Gasteiger partial charge in [0.25, 0.3) is 0 Å². The lowest BCUT2D eigenvalue weighted by molar-refractivity contribution is -0.118. The van der Waals surface area contributed by atoms with E-state index in [1.165, 1.54) is 11.3 Å². The standard InChI is InChI=1S/C21H20N4O3S/c1-2-28-16-5-3-14(4-6-16)21-23-15(13-29-21)11-20(27)25-10-8-19(26)24-17-7-9-22-12-18(17)25/h3-7,9,12-13H,2,8,10-11H2,1H3,(H,24,26). The van der Waals surface area contributed by atoms with Gasteiger partial charge < -0.3 is 15.0 Å². The van der Waals surface area contributed by atoms with E-state index in [4.69, 9.17) is 4.74 Å². The number of carbonyl (C=O) groups is 2. The van der Waals surface area contributed by atoms with Crippen LogP contribution in [-0.2, 0) is 16.0 Å². The van der Waals surface area contributed by atoms with E-state index in [0.717, 1.165) is 16.3 Å². The number of nitrogens with one attached hydrogen (secondary N) is 1. The molecule has 2 amide bonds. The number of carbonyl (C=O) groups excluding carboxylic acids is 2. The molecule has 29 heavy (non-hydrogen) atoms. The number of fused-ring (bicyclic) bond motifs is 1. The summed E-state index contributed by atoms with van der Waals surface area (Å²) in [4.78, 5) is 35.2. The molecule has 1 N–H and O–H groups in total. The number of amides is 2. The molecule has 2 aromatic heterocycles. The van der Waals surface area contributed by atoms with Gasteiger partial charge in [-0.05, 0) is 37.3 Å². The highest BCUT2D eigenvalue weighted by Crippen LogP contribution is 2.29. The smallest absolute Gasteiger partial charge is 0.233 e. The van der Waals surface area contributed by atoms with Crippen molar-refractivity contribution in [1.82, 2.24) is 9.97 Å². The first-order chi connectivity index (χ1) is 14.1. The zero-order chi connectivity index (χ0) is 20.2. The van der Waals surface area contributed by atoms with Crippen molar-refractivity contribution >= 4 is 34.5 Å². The molecular weight excluding hydrogens is 388 g/mol. The molecule has 7 nitrogen and oxygen atoms in total. The van der Waals surface area contributed by atoms with Gasteiger partial charge in [-0.1, -0.05) is 0 Å². The lowest BCUT2D eigenvalue weighted by atomic mass is 10.2. The molecule has 4 rings (SSSR count). The summed E-state index contributed by atoms with van der Waals surface area (Å²) in [5.41, 5.74) is 2.91. The lowest BCUT2D eigenvalue weighted by Gasteiger charge is -2.21.